The molecule has 1 aliphatic rings. The summed E-state index contributed by atoms with van der Waals surface area (Å²) in [5.41, 5.74) is 9.04. The van der Waals surface area contributed by atoms with E-state index in [1.807, 2.05) is 18.2 Å². The lowest BCUT2D eigenvalue weighted by Gasteiger charge is -2.26. The van der Waals surface area contributed by atoms with Gasteiger partial charge in [-0.05, 0) is 48.0 Å². The summed E-state index contributed by atoms with van der Waals surface area (Å²) in [6.07, 6.45) is 1.60. The van der Waals surface area contributed by atoms with Gasteiger partial charge >= 0.3 is 6.03 Å². The number of aromatic nitrogens is 3. The fourth-order valence-electron chi connectivity index (χ4n) is 4.02. The minimum atomic E-state index is -3.31. The highest BCUT2D eigenvalue weighted by atomic mass is 32.2. The lowest BCUT2D eigenvalue weighted by molar-refractivity contribution is 0.122. The molecule has 2 aromatic heterocycles. The summed E-state index contributed by atoms with van der Waals surface area (Å²) >= 11 is 1.54. The van der Waals surface area contributed by atoms with Crippen LogP contribution in [0.15, 0.2) is 65.7 Å². The smallest absolute Gasteiger partial charge is 0.323 e. The molecule has 1 saturated heterocycles. The van der Waals surface area contributed by atoms with E-state index in [4.69, 9.17) is 15.5 Å². The summed E-state index contributed by atoms with van der Waals surface area (Å²) < 4.78 is 29.5. The van der Waals surface area contributed by atoms with Crippen molar-refractivity contribution >= 4 is 49.7 Å². The summed E-state index contributed by atoms with van der Waals surface area (Å²) in [5.74, 6) is 0.170. The Morgan fingerprint density at radius 3 is 2.51 bits per heavy atom. The second kappa shape index (κ2) is 11.4. The maximum atomic E-state index is 12.7. The molecular weight excluding hydrogens is 538 g/mol. The van der Waals surface area contributed by atoms with Crippen LogP contribution in [0.25, 0.3) is 21.8 Å². The minimum Gasteiger partial charge on any atom is -0.378 e. The maximum absolute atomic E-state index is 12.7. The van der Waals surface area contributed by atoms with Crippen LogP contribution in [0.4, 0.5) is 27.2 Å². The van der Waals surface area contributed by atoms with E-state index in [9.17, 15) is 13.2 Å². The molecule has 39 heavy (non-hydrogen) atoms. The number of rotatable bonds is 7. The van der Waals surface area contributed by atoms with E-state index in [1.165, 1.54) is 23.5 Å². The van der Waals surface area contributed by atoms with Gasteiger partial charge in [0, 0.05) is 30.7 Å². The molecule has 4 aromatic rings. The summed E-state index contributed by atoms with van der Waals surface area (Å²) in [5, 5.41) is 6.42. The Kier molecular flexibility index (Phi) is 7.72. The summed E-state index contributed by atoms with van der Waals surface area (Å²) in [7, 11) is -3.31. The number of carbonyl (C=O) groups excluding carboxylic acids is 1. The molecular formula is C26H27N7O4S2. The molecule has 0 unspecified atom stereocenters. The summed E-state index contributed by atoms with van der Waals surface area (Å²) in [6.45, 7) is 4.34. The van der Waals surface area contributed by atoms with E-state index in [1.54, 1.807) is 37.4 Å². The van der Waals surface area contributed by atoms with Crippen molar-refractivity contribution < 1.29 is 17.9 Å². The van der Waals surface area contributed by atoms with Crippen LogP contribution in [-0.2, 0) is 14.6 Å². The van der Waals surface area contributed by atoms with Gasteiger partial charge in [0.1, 0.15) is 5.69 Å². The fraction of sp³-hybridized carbons (Fsp3) is 0.231. The van der Waals surface area contributed by atoms with Crippen molar-refractivity contribution in [3.63, 3.8) is 0 Å². The maximum Gasteiger partial charge on any atom is 0.323 e. The number of nitrogen functional groups attached to an aromatic ring is 1. The van der Waals surface area contributed by atoms with E-state index in [-0.39, 0.29) is 16.6 Å². The van der Waals surface area contributed by atoms with Gasteiger partial charge < -0.3 is 26.0 Å². The molecule has 0 saturated carbocycles. The average molecular weight is 566 g/mol. The zero-order valence-electron chi connectivity index (χ0n) is 21.1. The molecule has 2 aromatic carbocycles. The van der Waals surface area contributed by atoms with Crippen LogP contribution in [0.2, 0.25) is 0 Å². The number of benzene rings is 2. The number of hydrogen-bond acceptors (Lipinski definition) is 10. The Morgan fingerprint density at radius 1 is 1.05 bits per heavy atom. The van der Waals surface area contributed by atoms with Crippen molar-refractivity contribution in [1.29, 1.82) is 0 Å². The van der Waals surface area contributed by atoms with Gasteiger partial charge in [-0.3, -0.25) is 0 Å². The molecule has 202 valence electrons. The van der Waals surface area contributed by atoms with Crippen molar-refractivity contribution in [1.82, 2.24) is 15.0 Å². The Balaban J connectivity index is 1.39. The molecule has 0 aliphatic carbocycles. The van der Waals surface area contributed by atoms with Gasteiger partial charge in [-0.1, -0.05) is 30.4 Å². The first-order chi connectivity index (χ1) is 18.8. The molecule has 1 fully saturated rings. The molecule has 1 aliphatic heterocycles. The lowest BCUT2D eigenvalue weighted by atomic mass is 10.1. The number of nitrogens with two attached hydrogens (primary N) is 1. The number of anilines is 4. The van der Waals surface area contributed by atoms with Crippen molar-refractivity contribution in [3.05, 3.63) is 60.8 Å². The Hall–Kier alpha value is -4.07. The second-order valence-corrected chi connectivity index (χ2v) is 11.9. The number of nitrogens with zero attached hydrogens (tertiary/aromatic N) is 4. The van der Waals surface area contributed by atoms with Crippen LogP contribution < -0.4 is 21.3 Å². The first-order valence-electron chi connectivity index (χ1n) is 12.3. The van der Waals surface area contributed by atoms with Gasteiger partial charge in [-0.25, -0.2) is 28.2 Å². The summed E-state index contributed by atoms with van der Waals surface area (Å²) in [6, 6.07) is 14.8. The fourth-order valence-corrected chi connectivity index (χ4v) is 6.02. The topological polar surface area (TPSA) is 152 Å². The zero-order chi connectivity index (χ0) is 27.4. The third-order valence-electron chi connectivity index (χ3n) is 6.05. The van der Waals surface area contributed by atoms with Gasteiger partial charge in [0.25, 0.3) is 0 Å². The van der Waals surface area contributed by atoms with E-state index in [0.717, 1.165) is 28.7 Å². The van der Waals surface area contributed by atoms with Crippen molar-refractivity contribution in [2.45, 2.75) is 11.8 Å². The SMILES string of the molecule is CCS(=O)(=O)c1ccc(NC(=O)Nc2cccc(-c3sc(N4CCOCC4)nc3-c3ccnc(N)n3)c2)cc1. The molecule has 0 radical (unpaired) electrons. The van der Waals surface area contributed by atoms with E-state index < -0.39 is 15.9 Å². The normalized spacial score (nSPS) is 13.7. The highest BCUT2D eigenvalue weighted by molar-refractivity contribution is 7.91. The molecule has 5 rings (SSSR count). The molecule has 13 heteroatoms. The molecule has 0 atom stereocenters. The Labute approximate surface area is 230 Å². The first-order valence-corrected chi connectivity index (χ1v) is 14.7. The molecule has 11 nitrogen and oxygen atoms in total. The van der Waals surface area contributed by atoms with Crippen LogP contribution >= 0.6 is 11.3 Å². The number of hydrogen-bond donors (Lipinski definition) is 3. The van der Waals surface area contributed by atoms with Crippen LogP contribution in [0.1, 0.15) is 6.92 Å². The standard InChI is InChI=1S/C26H27N7O4S2/c1-2-39(35,36)20-8-6-18(7-9-20)29-25(34)30-19-5-3-4-17(16-19)23-22(21-10-11-28-24(27)31-21)32-26(38-23)33-12-14-37-15-13-33/h3-11,16H,2,12-15H2,1H3,(H2,27,28,31)(H2,29,30,34). The average Bonchev–Trinajstić information content (AvgIpc) is 3.40. The number of ether oxygens (including phenoxy) is 1. The molecule has 3 heterocycles. The molecule has 4 N–H and O–H groups in total. The first kappa shape index (κ1) is 26.5. The monoisotopic (exact) mass is 565 g/mol. The predicted octanol–water partition coefficient (Wildman–Crippen LogP) is 4.12. The minimum absolute atomic E-state index is 0.0105. The highest BCUT2D eigenvalue weighted by Gasteiger charge is 2.22. The van der Waals surface area contributed by atoms with Gasteiger partial charge in [0.15, 0.2) is 15.0 Å². The van der Waals surface area contributed by atoms with E-state index in [0.29, 0.717) is 36.0 Å². The summed E-state index contributed by atoms with van der Waals surface area (Å²) in [4.78, 5) is 29.3. The van der Waals surface area contributed by atoms with Crippen molar-refractivity contribution in [2.24, 2.45) is 0 Å². The quantitative estimate of drug-likeness (QED) is 0.300. The Bertz CT molecular complexity index is 1580. The third kappa shape index (κ3) is 6.16. The van der Waals surface area contributed by atoms with E-state index in [2.05, 4.69) is 25.5 Å². The van der Waals surface area contributed by atoms with E-state index >= 15 is 0 Å². The second-order valence-electron chi connectivity index (χ2n) is 8.66. The predicted molar refractivity (Wildman–Crippen MR) is 153 cm³/mol. The van der Waals surface area contributed by atoms with Crippen LogP contribution in [0.3, 0.4) is 0 Å². The van der Waals surface area contributed by atoms with Gasteiger partial charge in [0.2, 0.25) is 5.95 Å². The number of nitrogens with one attached hydrogen (secondary N) is 2. The molecule has 0 spiro atoms. The number of morpholine rings is 1. The highest BCUT2D eigenvalue weighted by Crippen LogP contribution is 2.40. The molecule has 2 amide bonds. The number of sulfone groups is 1. The lowest BCUT2D eigenvalue weighted by Crippen LogP contribution is -2.36. The number of urea groups is 1. The van der Waals surface area contributed by atoms with Crippen molar-refractivity contribution in [2.75, 3.05) is 53.3 Å². The Morgan fingerprint density at radius 2 is 1.79 bits per heavy atom. The van der Waals surface area contributed by atoms with Gasteiger partial charge in [-0.2, -0.15) is 0 Å². The van der Waals surface area contributed by atoms with Crippen molar-refractivity contribution in [3.8, 4) is 21.8 Å². The van der Waals surface area contributed by atoms with Crippen LogP contribution in [0, 0.1) is 0 Å². The number of amides is 2. The third-order valence-corrected chi connectivity index (χ3v) is 8.96. The zero-order valence-corrected chi connectivity index (χ0v) is 22.8. The number of carbonyl (C=O) groups is 1. The van der Waals surface area contributed by atoms with Gasteiger partial charge in [-0.15, -0.1) is 0 Å². The largest absolute Gasteiger partial charge is 0.378 e. The van der Waals surface area contributed by atoms with Crippen LogP contribution in [-0.4, -0.2) is 61.5 Å². The molecule has 0 bridgehead atoms. The number of thiazole rings is 1. The van der Waals surface area contributed by atoms with Crippen LogP contribution in [0.5, 0.6) is 0 Å². The van der Waals surface area contributed by atoms with Gasteiger partial charge in [0.05, 0.1) is 34.4 Å².